The predicted octanol–water partition coefficient (Wildman–Crippen LogP) is 0.414. The number of carbonyl (C=O) groups is 1. The molecule has 2 aromatic rings. The number of hydrogen-bond donors (Lipinski definition) is 2. The summed E-state index contributed by atoms with van der Waals surface area (Å²) >= 11 is 0. The Morgan fingerprint density at radius 1 is 1.24 bits per heavy atom. The lowest BCUT2D eigenvalue weighted by Gasteiger charge is -2.09. The number of halogens is 2. The molecule has 0 radical (unpaired) electrons. The van der Waals surface area contributed by atoms with Crippen molar-refractivity contribution in [1.82, 2.24) is 19.4 Å². The van der Waals surface area contributed by atoms with Crippen LogP contribution in [0.2, 0.25) is 0 Å². The van der Waals surface area contributed by atoms with Crippen LogP contribution in [0.3, 0.4) is 0 Å². The minimum absolute atomic E-state index is 0. The minimum atomic E-state index is -0.434. The lowest BCUT2D eigenvalue weighted by atomic mass is 10.3. The van der Waals surface area contributed by atoms with Gasteiger partial charge in [-0.2, -0.15) is 0 Å². The Bertz CT molecular complexity index is 889. The summed E-state index contributed by atoms with van der Waals surface area (Å²) in [4.78, 5) is 40.0. The lowest BCUT2D eigenvalue weighted by molar-refractivity contribution is -0.115. The van der Waals surface area contributed by atoms with Gasteiger partial charge in [0, 0.05) is 14.1 Å². The Morgan fingerprint density at radius 3 is 2.56 bits per heavy atom. The van der Waals surface area contributed by atoms with Gasteiger partial charge in [0.1, 0.15) is 5.65 Å². The number of hydrogen-bond acceptors (Lipinski definition) is 5. The molecule has 1 fully saturated rings. The normalized spacial score (nSPS) is 13.0. The Balaban J connectivity index is 0.00000156. The minimum Gasteiger partial charge on any atom is -0.324 e. The van der Waals surface area contributed by atoms with Crippen molar-refractivity contribution in [2.45, 2.75) is 12.8 Å². The third-order valence-corrected chi connectivity index (χ3v) is 3.99. The summed E-state index contributed by atoms with van der Waals surface area (Å²) in [6, 6.07) is 1.54. The van der Waals surface area contributed by atoms with Crippen LogP contribution in [-0.4, -0.2) is 33.1 Å². The number of aryl methyl sites for hydroxylation is 1. The predicted molar refractivity (Wildman–Crippen MR) is 101 cm³/mol. The van der Waals surface area contributed by atoms with Gasteiger partial charge in [-0.25, -0.2) is 9.78 Å². The summed E-state index contributed by atoms with van der Waals surface area (Å²) in [6.45, 7) is 1.08. The Hall–Kier alpha value is -1.90. The number of rotatable bonds is 5. The van der Waals surface area contributed by atoms with Gasteiger partial charge >= 0.3 is 5.69 Å². The average Bonchev–Trinajstić information content (AvgIpc) is 3.35. The van der Waals surface area contributed by atoms with E-state index >= 15 is 0 Å². The van der Waals surface area contributed by atoms with Gasteiger partial charge < -0.3 is 10.6 Å². The monoisotopic (exact) mass is 389 g/mol. The molecule has 10 heteroatoms. The van der Waals surface area contributed by atoms with E-state index in [9.17, 15) is 14.4 Å². The molecule has 1 saturated carbocycles. The maximum atomic E-state index is 12.2. The third-order valence-electron chi connectivity index (χ3n) is 3.99. The van der Waals surface area contributed by atoms with Gasteiger partial charge in [0.2, 0.25) is 5.91 Å². The molecule has 0 aromatic carbocycles. The molecule has 0 saturated heterocycles. The van der Waals surface area contributed by atoms with Gasteiger partial charge in [-0.05, 0) is 31.4 Å². The van der Waals surface area contributed by atoms with E-state index in [0.29, 0.717) is 22.6 Å². The molecule has 8 nitrogen and oxygen atoms in total. The molecule has 0 atom stereocenters. The van der Waals surface area contributed by atoms with Crippen molar-refractivity contribution in [3.63, 3.8) is 0 Å². The maximum absolute atomic E-state index is 12.2. The number of anilines is 1. The van der Waals surface area contributed by atoms with Gasteiger partial charge in [0.05, 0.1) is 23.8 Å². The van der Waals surface area contributed by atoms with Crippen LogP contribution in [0.25, 0.3) is 11.0 Å². The van der Waals surface area contributed by atoms with E-state index in [1.807, 2.05) is 0 Å². The lowest BCUT2D eigenvalue weighted by Crippen LogP contribution is -2.37. The maximum Gasteiger partial charge on any atom is 0.332 e. The first kappa shape index (κ1) is 21.1. The molecule has 25 heavy (non-hydrogen) atoms. The van der Waals surface area contributed by atoms with Gasteiger partial charge in [-0.1, -0.05) is 0 Å². The average molecular weight is 390 g/mol. The number of fused-ring (bicyclic) bond motifs is 1. The van der Waals surface area contributed by atoms with E-state index in [1.165, 1.54) is 30.7 Å². The van der Waals surface area contributed by atoms with Crippen LogP contribution < -0.4 is 21.9 Å². The number of amides is 1. The molecule has 0 unspecified atom stereocenters. The van der Waals surface area contributed by atoms with Gasteiger partial charge in [-0.3, -0.25) is 18.7 Å². The van der Waals surface area contributed by atoms with Crippen molar-refractivity contribution < 1.29 is 4.79 Å². The highest BCUT2D eigenvalue weighted by atomic mass is 35.5. The number of nitrogens with zero attached hydrogens (tertiary/aromatic N) is 3. The van der Waals surface area contributed by atoms with Crippen molar-refractivity contribution in [2.75, 3.05) is 18.4 Å². The van der Waals surface area contributed by atoms with E-state index in [4.69, 9.17) is 0 Å². The third kappa shape index (κ3) is 4.59. The second-order valence-electron chi connectivity index (χ2n) is 5.92. The number of pyridine rings is 1. The zero-order valence-electron chi connectivity index (χ0n) is 13.9. The standard InChI is InChI=1S/C15H19N5O3.2ClH/c1-19-13-11(14(22)20(2)15(19)23)5-10(7-17-13)18-12(21)8-16-6-9-3-4-9;;/h5,7,9,16H,3-4,6,8H2,1-2H3,(H,18,21);2*1H. The first-order chi connectivity index (χ1) is 11.0. The van der Waals surface area contributed by atoms with Crippen molar-refractivity contribution in [3.05, 3.63) is 33.1 Å². The molecule has 0 spiro atoms. The first-order valence-corrected chi connectivity index (χ1v) is 7.53. The van der Waals surface area contributed by atoms with Gasteiger partial charge in [0.15, 0.2) is 0 Å². The molecule has 2 heterocycles. The molecule has 2 aromatic heterocycles. The van der Waals surface area contributed by atoms with Crippen LogP contribution in [0.4, 0.5) is 5.69 Å². The summed E-state index contributed by atoms with van der Waals surface area (Å²) < 4.78 is 2.33. The molecule has 3 rings (SSSR count). The first-order valence-electron chi connectivity index (χ1n) is 7.53. The molecule has 0 bridgehead atoms. The topological polar surface area (TPSA) is 98.0 Å². The molecule has 138 valence electrons. The molecule has 1 amide bonds. The van der Waals surface area contributed by atoms with Crippen molar-refractivity contribution in [3.8, 4) is 0 Å². The van der Waals surface area contributed by atoms with Gasteiger partial charge in [0.25, 0.3) is 5.56 Å². The van der Waals surface area contributed by atoms with E-state index in [1.54, 1.807) is 13.1 Å². The molecule has 1 aliphatic carbocycles. The van der Waals surface area contributed by atoms with E-state index in [-0.39, 0.29) is 37.3 Å². The van der Waals surface area contributed by atoms with Crippen molar-refractivity contribution in [2.24, 2.45) is 20.0 Å². The Labute approximate surface area is 156 Å². The fourth-order valence-corrected chi connectivity index (χ4v) is 2.45. The molecular formula is C15H21Cl2N5O3. The molecule has 2 N–H and O–H groups in total. The second-order valence-corrected chi connectivity index (χ2v) is 5.92. The van der Waals surface area contributed by atoms with Gasteiger partial charge in [-0.15, -0.1) is 24.8 Å². The summed E-state index contributed by atoms with van der Waals surface area (Å²) in [6.07, 6.45) is 3.90. The summed E-state index contributed by atoms with van der Waals surface area (Å²) in [5.41, 5.74) is -0.135. The van der Waals surface area contributed by atoms with Crippen LogP contribution >= 0.6 is 24.8 Å². The van der Waals surface area contributed by atoms with E-state index < -0.39 is 11.2 Å². The zero-order chi connectivity index (χ0) is 16.6. The molecule has 0 aliphatic heterocycles. The Morgan fingerprint density at radius 2 is 1.92 bits per heavy atom. The molecule has 1 aliphatic rings. The number of nitrogens with one attached hydrogen (secondary N) is 2. The van der Waals surface area contributed by atoms with E-state index in [0.717, 1.165) is 11.1 Å². The van der Waals surface area contributed by atoms with Crippen molar-refractivity contribution in [1.29, 1.82) is 0 Å². The summed E-state index contributed by atoms with van der Waals surface area (Å²) in [7, 11) is 2.97. The number of carbonyl (C=O) groups excluding carboxylic acids is 1. The van der Waals surface area contributed by atoms with E-state index in [2.05, 4.69) is 15.6 Å². The van der Waals surface area contributed by atoms with Crippen LogP contribution in [0.1, 0.15) is 12.8 Å². The SMILES string of the molecule is Cl.Cl.Cn1c(=O)c2cc(NC(=O)CNCC3CC3)cnc2n(C)c1=O. The summed E-state index contributed by atoms with van der Waals surface area (Å²) in [5.74, 6) is 0.517. The molecular weight excluding hydrogens is 369 g/mol. The largest absolute Gasteiger partial charge is 0.332 e. The fourth-order valence-electron chi connectivity index (χ4n) is 2.45. The quantitative estimate of drug-likeness (QED) is 0.771. The van der Waals surface area contributed by atoms with Crippen LogP contribution in [0, 0.1) is 5.92 Å². The highest BCUT2D eigenvalue weighted by Crippen LogP contribution is 2.27. The van der Waals surface area contributed by atoms with Crippen LogP contribution in [0.15, 0.2) is 21.9 Å². The zero-order valence-corrected chi connectivity index (χ0v) is 15.6. The highest BCUT2D eigenvalue weighted by molar-refractivity contribution is 5.93. The highest BCUT2D eigenvalue weighted by Gasteiger charge is 2.20. The number of aromatic nitrogens is 3. The van der Waals surface area contributed by atoms with Crippen LogP contribution in [-0.2, 0) is 18.9 Å². The second kappa shape index (κ2) is 8.46. The fraction of sp³-hybridized carbons (Fsp3) is 0.467. The smallest absolute Gasteiger partial charge is 0.324 e. The van der Waals surface area contributed by atoms with Crippen LogP contribution in [0.5, 0.6) is 0 Å². The Kier molecular flexibility index (Phi) is 7.16. The van der Waals surface area contributed by atoms with Crippen molar-refractivity contribution >= 4 is 47.4 Å². The summed E-state index contributed by atoms with van der Waals surface area (Å²) in [5, 5.41) is 6.10.